The Morgan fingerprint density at radius 1 is 1.28 bits per heavy atom. The predicted molar refractivity (Wildman–Crippen MR) is 70.7 cm³/mol. The average molecular weight is 248 g/mol. The van der Waals surface area contributed by atoms with Gasteiger partial charge in [-0.05, 0) is 37.1 Å². The average Bonchev–Trinajstić information content (AvgIpc) is 2.29. The molecule has 0 saturated carbocycles. The molecule has 96 valence electrons. The third kappa shape index (κ3) is 2.94. The molecule has 0 amide bonds. The molecule has 18 heavy (non-hydrogen) atoms. The summed E-state index contributed by atoms with van der Waals surface area (Å²) in [6.07, 6.45) is 1.65. The van der Waals surface area contributed by atoms with Crippen molar-refractivity contribution >= 4 is 11.5 Å². The Morgan fingerprint density at radius 3 is 2.39 bits per heavy atom. The molecule has 0 aromatic heterocycles. The fourth-order valence-corrected chi connectivity index (χ4v) is 1.78. The summed E-state index contributed by atoms with van der Waals surface area (Å²) in [6, 6.07) is 3.54. The van der Waals surface area contributed by atoms with Gasteiger partial charge in [0, 0.05) is 25.3 Å². The van der Waals surface area contributed by atoms with Crippen molar-refractivity contribution in [2.45, 2.75) is 13.8 Å². The number of carbonyl (C=O) groups is 1. The number of hydrogen-bond acceptors (Lipinski definition) is 4. The number of allylic oxidation sites excluding steroid dienone is 1. The first-order valence-electron chi connectivity index (χ1n) is 5.48. The lowest BCUT2D eigenvalue weighted by molar-refractivity contribution is -0.402. The molecule has 0 bridgehead atoms. The van der Waals surface area contributed by atoms with Crippen molar-refractivity contribution in [1.82, 2.24) is 0 Å². The highest BCUT2D eigenvalue weighted by atomic mass is 16.6. The Labute approximate surface area is 106 Å². The van der Waals surface area contributed by atoms with Crippen molar-refractivity contribution in [2.24, 2.45) is 0 Å². The number of rotatable bonds is 4. The maximum absolute atomic E-state index is 11.8. The Hall–Kier alpha value is -2.17. The number of nitrogens with zero attached hydrogens (tertiary/aromatic N) is 2. The van der Waals surface area contributed by atoms with Gasteiger partial charge in [-0.15, -0.1) is 0 Å². The lowest BCUT2D eigenvalue weighted by Crippen LogP contribution is -2.12. The molecular weight excluding hydrogens is 232 g/mol. The monoisotopic (exact) mass is 248 g/mol. The van der Waals surface area contributed by atoms with E-state index < -0.39 is 4.92 Å². The van der Waals surface area contributed by atoms with Gasteiger partial charge in [0.15, 0.2) is 5.78 Å². The minimum Gasteiger partial charge on any atom is -0.377 e. The first kappa shape index (κ1) is 13.9. The Kier molecular flexibility index (Phi) is 4.20. The molecule has 1 aromatic rings. The van der Waals surface area contributed by atoms with Gasteiger partial charge in [-0.25, -0.2) is 0 Å². The third-order valence-corrected chi connectivity index (χ3v) is 2.85. The van der Waals surface area contributed by atoms with Gasteiger partial charge in [-0.3, -0.25) is 14.9 Å². The molecule has 0 atom stereocenters. The molecule has 1 rings (SSSR count). The minimum atomic E-state index is -0.645. The number of hydrogen-bond donors (Lipinski definition) is 0. The fourth-order valence-electron chi connectivity index (χ4n) is 1.78. The fraction of sp³-hybridized carbons (Fsp3) is 0.308. The first-order valence-corrected chi connectivity index (χ1v) is 5.48. The highest BCUT2D eigenvalue weighted by Gasteiger charge is 2.12. The Bertz CT molecular complexity index is 519. The molecule has 0 aliphatic carbocycles. The molecule has 0 saturated heterocycles. The SMILES string of the molecule is Cc1c(C(=O)C=C[N+](=O)[O-])ccc(N(C)C)c1C. The molecule has 0 spiro atoms. The van der Waals surface area contributed by atoms with Crippen molar-refractivity contribution in [1.29, 1.82) is 0 Å². The van der Waals surface area contributed by atoms with Crippen LogP contribution in [-0.4, -0.2) is 24.8 Å². The standard InChI is InChI=1S/C13H16N2O3/c1-9-10(2)12(14(3)4)6-5-11(9)13(16)7-8-15(17)18/h5-8H,1-4H3. The van der Waals surface area contributed by atoms with E-state index in [1.807, 2.05) is 38.9 Å². The number of ketones is 1. The molecule has 5 heteroatoms. The Balaban J connectivity index is 3.17. The van der Waals surface area contributed by atoms with E-state index in [-0.39, 0.29) is 5.78 Å². The largest absolute Gasteiger partial charge is 0.377 e. The lowest BCUT2D eigenvalue weighted by Gasteiger charge is -2.18. The maximum atomic E-state index is 11.8. The second kappa shape index (κ2) is 5.44. The highest BCUT2D eigenvalue weighted by molar-refractivity contribution is 6.06. The summed E-state index contributed by atoms with van der Waals surface area (Å²) in [4.78, 5) is 23.3. The maximum Gasteiger partial charge on any atom is 0.238 e. The van der Waals surface area contributed by atoms with Crippen LogP contribution in [0.4, 0.5) is 5.69 Å². The van der Waals surface area contributed by atoms with Crippen molar-refractivity contribution in [2.75, 3.05) is 19.0 Å². The molecule has 0 unspecified atom stereocenters. The van der Waals surface area contributed by atoms with E-state index in [2.05, 4.69) is 0 Å². The van der Waals surface area contributed by atoms with Crippen LogP contribution in [-0.2, 0) is 0 Å². The number of benzene rings is 1. The van der Waals surface area contributed by atoms with Crippen LogP contribution in [0.5, 0.6) is 0 Å². The normalized spacial score (nSPS) is 10.7. The quantitative estimate of drug-likeness (QED) is 0.355. The number of nitro groups is 1. The van der Waals surface area contributed by atoms with Gasteiger partial charge < -0.3 is 4.90 Å². The van der Waals surface area contributed by atoms with Crippen LogP contribution in [0.2, 0.25) is 0 Å². The number of anilines is 1. The van der Waals surface area contributed by atoms with Crippen molar-refractivity contribution in [3.05, 3.63) is 51.2 Å². The van der Waals surface area contributed by atoms with Gasteiger partial charge in [0.1, 0.15) is 0 Å². The molecule has 0 fully saturated rings. The topological polar surface area (TPSA) is 63.4 Å². The smallest absolute Gasteiger partial charge is 0.238 e. The summed E-state index contributed by atoms with van der Waals surface area (Å²) in [5, 5.41) is 10.2. The van der Waals surface area contributed by atoms with Crippen LogP contribution >= 0.6 is 0 Å². The van der Waals surface area contributed by atoms with E-state index >= 15 is 0 Å². The van der Waals surface area contributed by atoms with Crippen LogP contribution < -0.4 is 4.90 Å². The van der Waals surface area contributed by atoms with Crippen molar-refractivity contribution in [3.8, 4) is 0 Å². The zero-order valence-electron chi connectivity index (χ0n) is 10.9. The van der Waals surface area contributed by atoms with Gasteiger partial charge in [0.2, 0.25) is 6.20 Å². The second-order valence-corrected chi connectivity index (χ2v) is 4.24. The zero-order valence-corrected chi connectivity index (χ0v) is 10.9. The highest BCUT2D eigenvalue weighted by Crippen LogP contribution is 2.24. The third-order valence-electron chi connectivity index (χ3n) is 2.85. The van der Waals surface area contributed by atoms with Crippen LogP contribution in [0.25, 0.3) is 0 Å². The van der Waals surface area contributed by atoms with Gasteiger partial charge in [-0.2, -0.15) is 0 Å². The second-order valence-electron chi connectivity index (χ2n) is 4.24. The van der Waals surface area contributed by atoms with Gasteiger partial charge in [-0.1, -0.05) is 0 Å². The minimum absolute atomic E-state index is 0.349. The molecular formula is C13H16N2O3. The lowest BCUT2D eigenvalue weighted by atomic mass is 9.98. The predicted octanol–water partition coefficient (Wildman–Crippen LogP) is 2.34. The molecule has 0 heterocycles. The van der Waals surface area contributed by atoms with Crippen LogP contribution in [0.1, 0.15) is 21.5 Å². The Morgan fingerprint density at radius 2 is 1.89 bits per heavy atom. The van der Waals surface area contributed by atoms with E-state index in [0.717, 1.165) is 22.9 Å². The van der Waals surface area contributed by atoms with Crippen molar-refractivity contribution in [3.63, 3.8) is 0 Å². The summed E-state index contributed by atoms with van der Waals surface area (Å²) in [7, 11) is 3.85. The summed E-state index contributed by atoms with van der Waals surface area (Å²) in [5.74, 6) is -0.349. The molecule has 0 aliphatic heterocycles. The van der Waals surface area contributed by atoms with Crippen molar-refractivity contribution < 1.29 is 9.72 Å². The molecule has 0 radical (unpaired) electrons. The van der Waals surface area contributed by atoms with Gasteiger partial charge >= 0.3 is 0 Å². The van der Waals surface area contributed by atoms with E-state index in [4.69, 9.17) is 0 Å². The van der Waals surface area contributed by atoms with E-state index in [1.165, 1.54) is 0 Å². The summed E-state index contributed by atoms with van der Waals surface area (Å²) in [5.41, 5.74) is 3.37. The van der Waals surface area contributed by atoms with E-state index in [0.29, 0.717) is 11.8 Å². The van der Waals surface area contributed by atoms with Gasteiger partial charge in [0.25, 0.3) is 0 Å². The summed E-state index contributed by atoms with van der Waals surface area (Å²) in [6.45, 7) is 3.77. The molecule has 0 N–H and O–H groups in total. The van der Waals surface area contributed by atoms with E-state index in [1.54, 1.807) is 6.07 Å². The number of carbonyl (C=O) groups excluding carboxylic acids is 1. The van der Waals surface area contributed by atoms with Crippen LogP contribution in [0, 0.1) is 24.0 Å². The first-order chi connectivity index (χ1) is 8.34. The van der Waals surface area contributed by atoms with Crippen LogP contribution in [0.3, 0.4) is 0 Å². The molecule has 1 aromatic carbocycles. The summed E-state index contributed by atoms with van der Waals surface area (Å²) < 4.78 is 0. The molecule has 0 aliphatic rings. The van der Waals surface area contributed by atoms with Crippen LogP contribution in [0.15, 0.2) is 24.4 Å². The van der Waals surface area contributed by atoms with E-state index in [9.17, 15) is 14.9 Å². The zero-order chi connectivity index (χ0) is 13.9. The summed E-state index contributed by atoms with van der Waals surface area (Å²) >= 11 is 0. The molecule has 5 nitrogen and oxygen atoms in total. The van der Waals surface area contributed by atoms with Gasteiger partial charge in [0.05, 0.1) is 11.0 Å².